The summed E-state index contributed by atoms with van der Waals surface area (Å²) in [5, 5.41) is 4.06. The molecule has 0 spiro atoms. The molecule has 3 rings (SSSR count). The average Bonchev–Trinajstić information content (AvgIpc) is 3.18. The number of benzene rings is 2. The van der Waals surface area contributed by atoms with Gasteiger partial charge in [0.2, 0.25) is 5.91 Å². The molecule has 1 aliphatic rings. The molecule has 3 amide bonds. The highest BCUT2D eigenvalue weighted by molar-refractivity contribution is 6.30. The van der Waals surface area contributed by atoms with Crippen molar-refractivity contribution in [1.82, 2.24) is 10.4 Å². The van der Waals surface area contributed by atoms with Gasteiger partial charge in [-0.15, -0.1) is 0 Å². The van der Waals surface area contributed by atoms with Crippen LogP contribution in [0, 0.1) is 5.92 Å². The third kappa shape index (κ3) is 6.55. The molecule has 2 aromatic carbocycles. The quantitative estimate of drug-likeness (QED) is 0.545. The highest BCUT2D eigenvalue weighted by atomic mass is 35.5. The Kier molecular flexibility index (Phi) is 8.20. The van der Waals surface area contributed by atoms with Crippen LogP contribution in [0.5, 0.6) is 0 Å². The predicted octanol–water partition coefficient (Wildman–Crippen LogP) is 2.19. The van der Waals surface area contributed by atoms with Crippen LogP contribution in [0.15, 0.2) is 48.5 Å². The van der Waals surface area contributed by atoms with Crippen LogP contribution in [0.4, 0.5) is 5.69 Å². The van der Waals surface area contributed by atoms with E-state index in [0.29, 0.717) is 21.8 Å². The summed E-state index contributed by atoms with van der Waals surface area (Å²) >= 11 is 5.80. The normalized spacial score (nSPS) is 14.9. The fourth-order valence-corrected chi connectivity index (χ4v) is 3.24. The maximum atomic E-state index is 12.3. The first-order valence-corrected chi connectivity index (χ1v) is 10.7. The number of amides is 3. The van der Waals surface area contributed by atoms with Gasteiger partial charge in [-0.05, 0) is 55.5 Å². The fraction of sp³-hybridized carbons (Fsp3) is 0.261. The second-order valence-electron chi connectivity index (χ2n) is 7.31. The number of hydrazine groups is 1. The van der Waals surface area contributed by atoms with E-state index in [1.54, 1.807) is 19.1 Å². The molecular weight excluding hydrogens is 466 g/mol. The van der Waals surface area contributed by atoms with Gasteiger partial charge in [0.25, 0.3) is 11.8 Å². The van der Waals surface area contributed by atoms with Crippen molar-refractivity contribution in [3.63, 3.8) is 0 Å². The summed E-state index contributed by atoms with van der Waals surface area (Å²) in [7, 11) is 0. The van der Waals surface area contributed by atoms with E-state index < -0.39 is 42.2 Å². The summed E-state index contributed by atoms with van der Waals surface area (Å²) in [6, 6.07) is 12.1. The number of esters is 2. The summed E-state index contributed by atoms with van der Waals surface area (Å²) < 4.78 is 9.91. The van der Waals surface area contributed by atoms with Crippen molar-refractivity contribution in [1.29, 1.82) is 0 Å². The van der Waals surface area contributed by atoms with Gasteiger partial charge in [0.1, 0.15) is 0 Å². The van der Waals surface area contributed by atoms with Crippen molar-refractivity contribution < 1.29 is 33.4 Å². The second kappa shape index (κ2) is 11.3. The Bertz CT molecular complexity index is 1090. The van der Waals surface area contributed by atoms with Crippen molar-refractivity contribution in [2.45, 2.75) is 13.3 Å². The molecule has 0 saturated carbocycles. The minimum Gasteiger partial charge on any atom is -0.462 e. The maximum Gasteiger partial charge on any atom is 0.338 e. The lowest BCUT2D eigenvalue weighted by molar-refractivity contribution is -0.151. The monoisotopic (exact) mass is 487 g/mol. The molecule has 1 fully saturated rings. The number of carbonyl (C=O) groups is 5. The van der Waals surface area contributed by atoms with Crippen LogP contribution in [0.2, 0.25) is 5.02 Å². The van der Waals surface area contributed by atoms with E-state index in [4.69, 9.17) is 21.1 Å². The minimum atomic E-state index is -0.824. The number of hydrogen-bond donors (Lipinski definition) is 2. The number of nitrogens with one attached hydrogen (secondary N) is 2. The van der Waals surface area contributed by atoms with Crippen LogP contribution >= 0.6 is 11.6 Å². The van der Waals surface area contributed by atoms with Gasteiger partial charge in [-0.3, -0.25) is 29.6 Å². The van der Waals surface area contributed by atoms with Gasteiger partial charge in [0.05, 0.1) is 24.6 Å². The largest absolute Gasteiger partial charge is 0.462 e. The minimum absolute atomic E-state index is 0.0755. The average molecular weight is 488 g/mol. The van der Waals surface area contributed by atoms with Crippen LogP contribution in [0.1, 0.15) is 34.1 Å². The third-order valence-electron chi connectivity index (χ3n) is 4.83. The van der Waals surface area contributed by atoms with E-state index >= 15 is 0 Å². The first-order valence-electron chi connectivity index (χ1n) is 10.4. The van der Waals surface area contributed by atoms with Gasteiger partial charge in [0, 0.05) is 22.7 Å². The Morgan fingerprint density at radius 3 is 2.29 bits per heavy atom. The Balaban J connectivity index is 1.45. The van der Waals surface area contributed by atoms with Crippen molar-refractivity contribution >= 4 is 46.9 Å². The molecule has 0 unspecified atom stereocenters. The topological polar surface area (TPSA) is 131 Å². The second-order valence-corrected chi connectivity index (χ2v) is 7.74. The van der Waals surface area contributed by atoms with Crippen LogP contribution in [0.3, 0.4) is 0 Å². The molecule has 178 valence electrons. The molecule has 0 radical (unpaired) electrons. The van der Waals surface area contributed by atoms with Gasteiger partial charge in [-0.1, -0.05) is 11.6 Å². The van der Waals surface area contributed by atoms with Crippen molar-refractivity contribution in [3.05, 3.63) is 64.7 Å². The van der Waals surface area contributed by atoms with Crippen LogP contribution < -0.4 is 10.7 Å². The fourth-order valence-electron chi connectivity index (χ4n) is 3.12. The molecule has 1 aliphatic heterocycles. The molecule has 1 heterocycles. The molecule has 2 aromatic rings. The Hall–Kier alpha value is -3.92. The van der Waals surface area contributed by atoms with Gasteiger partial charge in [-0.25, -0.2) is 4.79 Å². The van der Waals surface area contributed by atoms with Crippen molar-refractivity contribution in [3.8, 4) is 0 Å². The van der Waals surface area contributed by atoms with Crippen LogP contribution in [-0.2, 0) is 23.9 Å². The number of hydrogen-bond acceptors (Lipinski definition) is 7. The zero-order valence-corrected chi connectivity index (χ0v) is 19.0. The first-order chi connectivity index (χ1) is 16.3. The van der Waals surface area contributed by atoms with E-state index in [-0.39, 0.29) is 19.6 Å². The van der Waals surface area contributed by atoms with E-state index in [1.165, 1.54) is 36.4 Å². The van der Waals surface area contributed by atoms with Gasteiger partial charge in [-0.2, -0.15) is 0 Å². The zero-order valence-electron chi connectivity index (χ0n) is 18.2. The lowest BCUT2D eigenvalue weighted by Gasteiger charge is -2.17. The molecule has 0 bridgehead atoms. The van der Waals surface area contributed by atoms with E-state index in [1.807, 2.05) is 0 Å². The summed E-state index contributed by atoms with van der Waals surface area (Å²) in [6.45, 7) is 1.32. The molecule has 0 aromatic heterocycles. The summed E-state index contributed by atoms with van der Waals surface area (Å²) in [5.41, 5.74) is 3.49. The molecule has 1 saturated heterocycles. The number of carbonyl (C=O) groups excluding carboxylic acids is 5. The van der Waals surface area contributed by atoms with Gasteiger partial charge < -0.3 is 14.8 Å². The molecule has 34 heavy (non-hydrogen) atoms. The summed E-state index contributed by atoms with van der Waals surface area (Å²) in [4.78, 5) is 60.5. The van der Waals surface area contributed by atoms with Gasteiger partial charge >= 0.3 is 11.9 Å². The highest BCUT2D eigenvalue weighted by Crippen LogP contribution is 2.18. The van der Waals surface area contributed by atoms with Crippen molar-refractivity contribution in [2.24, 2.45) is 5.92 Å². The predicted molar refractivity (Wildman–Crippen MR) is 121 cm³/mol. The SMILES string of the molecule is CCOC(=O)c1ccc(NC(=O)COC(=O)[C@@H]2CC(=O)N(NC(=O)c3ccc(Cl)cc3)C2)cc1. The number of rotatable bonds is 8. The molecule has 10 nitrogen and oxygen atoms in total. The molecular formula is C23H22ClN3O7. The highest BCUT2D eigenvalue weighted by Gasteiger charge is 2.36. The zero-order chi connectivity index (χ0) is 24.7. The Morgan fingerprint density at radius 2 is 1.65 bits per heavy atom. The number of nitrogens with zero attached hydrogens (tertiary/aromatic N) is 1. The summed E-state index contributed by atoms with van der Waals surface area (Å²) in [6.07, 6.45) is -0.156. The van der Waals surface area contributed by atoms with E-state index in [2.05, 4.69) is 10.7 Å². The van der Waals surface area contributed by atoms with Crippen LogP contribution in [-0.4, -0.2) is 54.4 Å². The molecule has 0 aliphatic carbocycles. The summed E-state index contributed by atoms with van der Waals surface area (Å²) in [5.74, 6) is -3.59. The lowest BCUT2D eigenvalue weighted by atomic mass is 10.1. The molecule has 11 heteroatoms. The number of halogens is 1. The molecule has 1 atom stereocenters. The van der Waals surface area contributed by atoms with Crippen molar-refractivity contribution in [2.75, 3.05) is 25.1 Å². The maximum absolute atomic E-state index is 12.3. The van der Waals surface area contributed by atoms with Crippen LogP contribution in [0.25, 0.3) is 0 Å². The standard InChI is InChI=1S/C23H22ClN3O7/c1-2-33-22(31)15-5-9-18(10-6-15)25-19(28)13-34-23(32)16-11-20(29)27(12-16)26-21(30)14-3-7-17(24)8-4-14/h3-10,16H,2,11-13H2,1H3,(H,25,28)(H,26,30)/t16-/m1/s1. The number of ether oxygens (including phenoxy) is 2. The van der Waals surface area contributed by atoms with Gasteiger partial charge in [0.15, 0.2) is 6.61 Å². The smallest absolute Gasteiger partial charge is 0.338 e. The Morgan fingerprint density at radius 1 is 1.00 bits per heavy atom. The number of anilines is 1. The molecule has 2 N–H and O–H groups in total. The Labute approximate surface area is 200 Å². The third-order valence-corrected chi connectivity index (χ3v) is 5.08. The van der Waals surface area contributed by atoms with E-state index in [9.17, 15) is 24.0 Å². The van der Waals surface area contributed by atoms with E-state index in [0.717, 1.165) is 5.01 Å². The first kappa shape index (κ1) is 24.7. The lowest BCUT2D eigenvalue weighted by Crippen LogP contribution is -2.43.